The fourth-order valence-electron chi connectivity index (χ4n) is 2.65. The number of carbonyl (C=O) groups excluding carboxylic acids is 1. The van der Waals surface area contributed by atoms with Crippen molar-refractivity contribution in [3.05, 3.63) is 23.8 Å². The number of sulfonamides is 1. The second kappa shape index (κ2) is 8.98. The summed E-state index contributed by atoms with van der Waals surface area (Å²) in [4.78, 5) is 12.6. The van der Waals surface area contributed by atoms with Crippen molar-refractivity contribution in [2.24, 2.45) is 5.92 Å². The van der Waals surface area contributed by atoms with Crippen molar-refractivity contribution in [3.63, 3.8) is 0 Å². The molecule has 1 fully saturated rings. The average molecular weight is 390 g/mol. The number of nitrogens with one attached hydrogen (secondary N) is 2. The molecule has 25 heavy (non-hydrogen) atoms. The van der Waals surface area contributed by atoms with Gasteiger partial charge in [0, 0.05) is 25.3 Å². The van der Waals surface area contributed by atoms with Gasteiger partial charge in [-0.25, -0.2) is 8.42 Å². The molecular weight excluding hydrogens is 362 g/mol. The second-order valence-electron chi connectivity index (χ2n) is 6.62. The van der Waals surface area contributed by atoms with E-state index in [-0.39, 0.29) is 35.2 Å². The summed E-state index contributed by atoms with van der Waals surface area (Å²) in [6, 6.07) is 4.73. The van der Waals surface area contributed by atoms with Crippen LogP contribution in [0.3, 0.4) is 0 Å². The monoisotopic (exact) mass is 389 g/mol. The first-order valence-electron chi connectivity index (χ1n) is 8.33. The molecule has 1 aromatic carbocycles. The minimum Gasteiger partial charge on any atom is -0.326 e. The molecule has 1 amide bonds. The Bertz CT molecular complexity index is 701. The van der Waals surface area contributed by atoms with Gasteiger partial charge in [0.1, 0.15) is 0 Å². The first kappa shape index (κ1) is 21.9. The molecule has 8 heteroatoms. The normalized spacial score (nSPS) is 18.1. The van der Waals surface area contributed by atoms with Gasteiger partial charge in [-0.1, -0.05) is 6.07 Å². The highest BCUT2D eigenvalue weighted by molar-refractivity contribution is 7.89. The van der Waals surface area contributed by atoms with E-state index in [9.17, 15) is 13.2 Å². The molecule has 2 rings (SSSR count). The molecule has 1 atom stereocenters. The molecule has 1 aliphatic rings. The molecule has 0 saturated carbocycles. The van der Waals surface area contributed by atoms with E-state index in [0.717, 1.165) is 24.9 Å². The quantitative estimate of drug-likeness (QED) is 0.810. The van der Waals surface area contributed by atoms with Gasteiger partial charge in [-0.3, -0.25) is 4.79 Å². The van der Waals surface area contributed by atoms with Crippen molar-refractivity contribution < 1.29 is 13.2 Å². The van der Waals surface area contributed by atoms with Crippen LogP contribution in [0.4, 0.5) is 5.69 Å². The van der Waals surface area contributed by atoms with Crippen LogP contribution in [0.25, 0.3) is 0 Å². The number of nitrogens with zero attached hydrogens (tertiary/aromatic N) is 1. The SMILES string of the molecule is Cc1ccc(S(=O)(=O)N(C)C(C)C)cc1NC(=O)C1CCCNC1.Cl. The van der Waals surface area contributed by atoms with Gasteiger partial charge in [0.2, 0.25) is 15.9 Å². The van der Waals surface area contributed by atoms with E-state index in [1.54, 1.807) is 25.2 Å². The molecule has 0 spiro atoms. The molecule has 2 N–H and O–H groups in total. The van der Waals surface area contributed by atoms with Crippen LogP contribution in [0, 0.1) is 12.8 Å². The van der Waals surface area contributed by atoms with Crippen molar-refractivity contribution >= 4 is 34.0 Å². The Morgan fingerprint density at radius 1 is 1.36 bits per heavy atom. The Morgan fingerprint density at radius 3 is 2.60 bits per heavy atom. The molecule has 1 heterocycles. The van der Waals surface area contributed by atoms with E-state index in [0.29, 0.717) is 12.2 Å². The Kier molecular flexibility index (Phi) is 7.87. The van der Waals surface area contributed by atoms with E-state index in [1.807, 2.05) is 20.8 Å². The largest absolute Gasteiger partial charge is 0.326 e. The highest BCUT2D eigenvalue weighted by Gasteiger charge is 2.25. The predicted octanol–water partition coefficient (Wildman–Crippen LogP) is 2.38. The molecule has 1 saturated heterocycles. The van der Waals surface area contributed by atoms with Crippen molar-refractivity contribution in [2.75, 3.05) is 25.5 Å². The molecule has 6 nitrogen and oxygen atoms in total. The smallest absolute Gasteiger partial charge is 0.243 e. The molecule has 0 bridgehead atoms. The Hall–Kier alpha value is -1.15. The van der Waals surface area contributed by atoms with Crippen molar-refractivity contribution in [2.45, 2.75) is 44.6 Å². The van der Waals surface area contributed by atoms with E-state index >= 15 is 0 Å². The number of piperidine rings is 1. The van der Waals surface area contributed by atoms with Crippen LogP contribution in [0.5, 0.6) is 0 Å². The van der Waals surface area contributed by atoms with Gasteiger partial charge in [-0.15, -0.1) is 12.4 Å². The molecule has 0 aliphatic carbocycles. The number of hydrogen-bond donors (Lipinski definition) is 2. The maximum Gasteiger partial charge on any atom is 0.243 e. The number of anilines is 1. The number of carbonyl (C=O) groups is 1. The van der Waals surface area contributed by atoms with Crippen LogP contribution >= 0.6 is 12.4 Å². The molecule has 142 valence electrons. The average Bonchev–Trinajstić information content (AvgIpc) is 2.56. The number of aryl methyl sites for hydroxylation is 1. The van der Waals surface area contributed by atoms with Crippen LogP contribution in [-0.4, -0.2) is 44.8 Å². The molecule has 1 unspecified atom stereocenters. The van der Waals surface area contributed by atoms with Gasteiger partial charge in [0.05, 0.1) is 10.8 Å². The predicted molar refractivity (Wildman–Crippen MR) is 103 cm³/mol. The first-order chi connectivity index (χ1) is 11.2. The topological polar surface area (TPSA) is 78.5 Å². The molecule has 0 aromatic heterocycles. The minimum absolute atomic E-state index is 0. The molecule has 1 aromatic rings. The number of halogens is 1. The third-order valence-corrected chi connectivity index (χ3v) is 6.57. The first-order valence-corrected chi connectivity index (χ1v) is 9.77. The maximum absolute atomic E-state index is 12.6. The molecule has 0 radical (unpaired) electrons. The van der Waals surface area contributed by atoms with Gasteiger partial charge in [0.15, 0.2) is 0 Å². The Labute approximate surface area is 156 Å². The van der Waals surface area contributed by atoms with Crippen molar-refractivity contribution in [1.29, 1.82) is 0 Å². The van der Waals surface area contributed by atoms with Gasteiger partial charge < -0.3 is 10.6 Å². The van der Waals surface area contributed by atoms with Crippen LogP contribution in [-0.2, 0) is 14.8 Å². The summed E-state index contributed by atoms with van der Waals surface area (Å²) in [5, 5.41) is 6.11. The summed E-state index contributed by atoms with van der Waals surface area (Å²) in [6.45, 7) is 7.11. The zero-order valence-electron chi connectivity index (χ0n) is 15.2. The summed E-state index contributed by atoms with van der Waals surface area (Å²) in [6.07, 6.45) is 1.83. The van der Waals surface area contributed by atoms with E-state index < -0.39 is 10.0 Å². The lowest BCUT2D eigenvalue weighted by Gasteiger charge is -2.23. The lowest BCUT2D eigenvalue weighted by atomic mass is 9.98. The number of benzene rings is 1. The number of hydrogen-bond acceptors (Lipinski definition) is 4. The maximum atomic E-state index is 12.6. The second-order valence-corrected chi connectivity index (χ2v) is 8.62. The van der Waals surface area contributed by atoms with Gasteiger partial charge in [0.25, 0.3) is 0 Å². The lowest BCUT2D eigenvalue weighted by Crippen LogP contribution is -2.37. The fraction of sp³-hybridized carbons (Fsp3) is 0.588. The summed E-state index contributed by atoms with van der Waals surface area (Å²) < 4.78 is 26.6. The standard InChI is InChI=1S/C17H27N3O3S.ClH/c1-12(2)20(4)24(22,23)15-8-7-13(3)16(10-15)19-17(21)14-6-5-9-18-11-14;/h7-8,10,12,14,18H,5-6,9,11H2,1-4H3,(H,19,21);1H. The van der Waals surface area contributed by atoms with E-state index in [2.05, 4.69) is 10.6 Å². The summed E-state index contributed by atoms with van der Waals surface area (Å²) in [7, 11) is -2.01. The van der Waals surface area contributed by atoms with E-state index in [4.69, 9.17) is 0 Å². The third kappa shape index (κ3) is 5.17. The molecule has 1 aliphatic heterocycles. The van der Waals surface area contributed by atoms with Crippen LogP contribution in [0.2, 0.25) is 0 Å². The summed E-state index contributed by atoms with van der Waals surface area (Å²) >= 11 is 0. The minimum atomic E-state index is -3.57. The van der Waals surface area contributed by atoms with Crippen LogP contribution < -0.4 is 10.6 Å². The van der Waals surface area contributed by atoms with Crippen LogP contribution in [0.1, 0.15) is 32.3 Å². The van der Waals surface area contributed by atoms with Crippen molar-refractivity contribution in [3.8, 4) is 0 Å². The Balaban J connectivity index is 0.00000312. The fourth-order valence-corrected chi connectivity index (χ4v) is 4.04. The molecular formula is C17H28ClN3O3S. The zero-order chi connectivity index (χ0) is 17.9. The highest BCUT2D eigenvalue weighted by Crippen LogP contribution is 2.24. The lowest BCUT2D eigenvalue weighted by molar-refractivity contribution is -0.120. The van der Waals surface area contributed by atoms with Crippen molar-refractivity contribution in [1.82, 2.24) is 9.62 Å². The van der Waals surface area contributed by atoms with Crippen LogP contribution in [0.15, 0.2) is 23.1 Å². The summed E-state index contributed by atoms with van der Waals surface area (Å²) in [5.74, 6) is -0.131. The summed E-state index contributed by atoms with van der Waals surface area (Å²) in [5.41, 5.74) is 1.40. The number of rotatable bonds is 5. The third-order valence-electron chi connectivity index (χ3n) is 4.54. The Morgan fingerprint density at radius 2 is 2.04 bits per heavy atom. The highest BCUT2D eigenvalue weighted by atomic mass is 35.5. The number of amides is 1. The van der Waals surface area contributed by atoms with Gasteiger partial charge in [-0.05, 0) is 57.9 Å². The van der Waals surface area contributed by atoms with E-state index in [1.165, 1.54) is 4.31 Å². The van der Waals surface area contributed by atoms with Gasteiger partial charge in [-0.2, -0.15) is 4.31 Å². The van der Waals surface area contributed by atoms with Gasteiger partial charge >= 0.3 is 0 Å². The zero-order valence-corrected chi connectivity index (χ0v) is 16.8.